The molecule has 0 saturated heterocycles. The number of nitrogens with zero attached hydrogens (tertiary/aromatic N) is 1. The summed E-state index contributed by atoms with van der Waals surface area (Å²) in [7, 11) is 4.28. The maximum atomic E-state index is 11.6. The Morgan fingerprint density at radius 3 is 1.88 bits per heavy atom. The minimum absolute atomic E-state index is 0.247. The van der Waals surface area contributed by atoms with Crippen molar-refractivity contribution in [3.05, 3.63) is 35.4 Å². The number of rotatable bonds is 3. The minimum Gasteiger partial charge on any atom is -0.465 e. The highest BCUT2D eigenvalue weighted by atomic mass is 16.5. The number of likely N-dealkylation sites (N-methyl/N-ethyl adjacent to an activating group) is 1. The van der Waals surface area contributed by atoms with Crippen LogP contribution in [0.1, 0.15) is 20.7 Å². The van der Waals surface area contributed by atoms with Crippen LogP contribution in [0.2, 0.25) is 0 Å². The Kier molecular flexibility index (Phi) is 3.98. The fraction of sp³-hybridized carbons (Fsp3) is 0.250. The summed E-state index contributed by atoms with van der Waals surface area (Å²) in [6.07, 6.45) is 0. The van der Waals surface area contributed by atoms with E-state index in [1.165, 1.54) is 50.4 Å². The van der Waals surface area contributed by atoms with E-state index in [4.69, 9.17) is 0 Å². The lowest BCUT2D eigenvalue weighted by molar-refractivity contribution is -0.124. The van der Waals surface area contributed by atoms with Gasteiger partial charge in [-0.1, -0.05) is 0 Å². The smallest absolute Gasteiger partial charge is 0.337 e. The first-order valence-electron chi connectivity index (χ1n) is 4.91. The second-order valence-corrected chi connectivity index (χ2v) is 3.60. The van der Waals surface area contributed by atoms with Crippen molar-refractivity contribution in [1.82, 2.24) is 4.90 Å². The Balaban J connectivity index is 2.92. The van der Waals surface area contributed by atoms with Crippen LogP contribution in [0.4, 0.5) is 0 Å². The number of methoxy groups -OCH3 is 1. The molecule has 0 unspecified atom stereocenters. The molecule has 0 aliphatic carbocycles. The van der Waals surface area contributed by atoms with Gasteiger partial charge in [0.05, 0.1) is 12.7 Å². The number of carbonyl (C=O) groups excluding carboxylic acids is 3. The lowest BCUT2D eigenvalue weighted by atomic mass is 10.1. The Labute approximate surface area is 99.0 Å². The molecule has 1 rings (SSSR count). The minimum atomic E-state index is -0.605. The van der Waals surface area contributed by atoms with Crippen LogP contribution in [-0.4, -0.2) is 43.8 Å². The summed E-state index contributed by atoms with van der Waals surface area (Å²) in [4.78, 5) is 35.4. The zero-order chi connectivity index (χ0) is 13.0. The molecule has 1 aromatic carbocycles. The number of carbonyl (C=O) groups is 3. The van der Waals surface area contributed by atoms with Crippen molar-refractivity contribution in [2.24, 2.45) is 0 Å². The number of ether oxygens (including phenoxy) is 1. The number of benzene rings is 1. The molecule has 5 heteroatoms. The van der Waals surface area contributed by atoms with E-state index in [1.54, 1.807) is 0 Å². The van der Waals surface area contributed by atoms with Crippen LogP contribution < -0.4 is 0 Å². The number of hydrogen-bond acceptors (Lipinski definition) is 4. The third-order valence-electron chi connectivity index (χ3n) is 2.17. The van der Waals surface area contributed by atoms with Gasteiger partial charge in [0, 0.05) is 19.7 Å². The van der Waals surface area contributed by atoms with Gasteiger partial charge in [0.2, 0.25) is 5.78 Å². The molecule has 0 saturated carbocycles. The predicted octanol–water partition coefficient (Wildman–Crippen LogP) is 0.744. The van der Waals surface area contributed by atoms with E-state index >= 15 is 0 Å². The van der Waals surface area contributed by atoms with Crippen molar-refractivity contribution in [3.8, 4) is 0 Å². The van der Waals surface area contributed by atoms with E-state index in [0.29, 0.717) is 5.56 Å². The lowest BCUT2D eigenvalue weighted by Gasteiger charge is -2.08. The molecule has 0 N–H and O–H groups in total. The molecular weight excluding hydrogens is 222 g/mol. The van der Waals surface area contributed by atoms with Crippen LogP contribution in [0.25, 0.3) is 0 Å². The average Bonchev–Trinajstić information content (AvgIpc) is 2.36. The molecule has 1 aromatic rings. The van der Waals surface area contributed by atoms with Gasteiger partial charge < -0.3 is 9.64 Å². The zero-order valence-electron chi connectivity index (χ0n) is 9.89. The van der Waals surface area contributed by atoms with Crippen molar-refractivity contribution < 1.29 is 19.1 Å². The first-order chi connectivity index (χ1) is 7.97. The number of hydrogen-bond donors (Lipinski definition) is 0. The molecule has 0 spiro atoms. The molecular formula is C12H13NO4. The van der Waals surface area contributed by atoms with E-state index in [-0.39, 0.29) is 5.56 Å². The van der Waals surface area contributed by atoms with Gasteiger partial charge in [-0.3, -0.25) is 9.59 Å². The number of amides is 1. The maximum absolute atomic E-state index is 11.6. The van der Waals surface area contributed by atoms with Gasteiger partial charge in [-0.15, -0.1) is 0 Å². The van der Waals surface area contributed by atoms with E-state index in [2.05, 4.69) is 4.74 Å². The molecule has 0 heterocycles. The van der Waals surface area contributed by atoms with Crippen molar-refractivity contribution in [3.63, 3.8) is 0 Å². The van der Waals surface area contributed by atoms with Gasteiger partial charge >= 0.3 is 5.97 Å². The first-order valence-corrected chi connectivity index (χ1v) is 4.91. The normalized spacial score (nSPS) is 9.59. The lowest BCUT2D eigenvalue weighted by Crippen LogP contribution is -2.29. The largest absolute Gasteiger partial charge is 0.465 e. The van der Waals surface area contributed by atoms with Crippen LogP contribution in [0.3, 0.4) is 0 Å². The standard InChI is InChI=1S/C12H13NO4/c1-13(2)11(15)10(14)8-4-6-9(7-5-8)12(16)17-3/h4-7H,1-3H3. The molecule has 0 aromatic heterocycles. The summed E-state index contributed by atoms with van der Waals surface area (Å²) in [5.41, 5.74) is 0.581. The SMILES string of the molecule is COC(=O)c1ccc(C(=O)C(=O)N(C)C)cc1. The summed E-state index contributed by atoms with van der Waals surface area (Å²) in [5.74, 6) is -1.69. The highest BCUT2D eigenvalue weighted by molar-refractivity contribution is 6.42. The van der Waals surface area contributed by atoms with Gasteiger partial charge in [0.1, 0.15) is 0 Å². The molecule has 17 heavy (non-hydrogen) atoms. The molecule has 0 radical (unpaired) electrons. The topological polar surface area (TPSA) is 63.7 Å². The number of Topliss-reactive ketones (excluding diaryl/α,β-unsaturated/α-hetero) is 1. The van der Waals surface area contributed by atoms with Crippen molar-refractivity contribution in [1.29, 1.82) is 0 Å². The van der Waals surface area contributed by atoms with E-state index in [9.17, 15) is 14.4 Å². The number of ketones is 1. The quantitative estimate of drug-likeness (QED) is 0.440. The highest BCUT2D eigenvalue weighted by Gasteiger charge is 2.18. The zero-order valence-corrected chi connectivity index (χ0v) is 9.89. The van der Waals surface area contributed by atoms with Crippen LogP contribution in [-0.2, 0) is 9.53 Å². The van der Waals surface area contributed by atoms with Crippen molar-refractivity contribution in [2.45, 2.75) is 0 Å². The molecule has 1 amide bonds. The second-order valence-electron chi connectivity index (χ2n) is 3.60. The van der Waals surface area contributed by atoms with Crippen molar-refractivity contribution in [2.75, 3.05) is 21.2 Å². The Morgan fingerprint density at radius 2 is 1.47 bits per heavy atom. The molecule has 0 aliphatic rings. The molecule has 0 bridgehead atoms. The predicted molar refractivity (Wildman–Crippen MR) is 60.8 cm³/mol. The fourth-order valence-electron chi connectivity index (χ4n) is 1.20. The summed E-state index contributed by atoms with van der Waals surface area (Å²) >= 11 is 0. The van der Waals surface area contributed by atoms with Crippen LogP contribution in [0, 0.1) is 0 Å². The molecule has 5 nitrogen and oxygen atoms in total. The molecule has 0 fully saturated rings. The summed E-state index contributed by atoms with van der Waals surface area (Å²) in [6.45, 7) is 0. The fourth-order valence-corrected chi connectivity index (χ4v) is 1.20. The Morgan fingerprint density at radius 1 is 1.00 bits per heavy atom. The van der Waals surface area contributed by atoms with E-state index in [1.807, 2.05) is 0 Å². The molecule has 0 atom stereocenters. The summed E-state index contributed by atoms with van der Waals surface area (Å²) < 4.78 is 4.52. The summed E-state index contributed by atoms with van der Waals surface area (Å²) in [6, 6.07) is 5.75. The van der Waals surface area contributed by atoms with Gasteiger partial charge in [0.25, 0.3) is 5.91 Å². The molecule has 90 valence electrons. The number of esters is 1. The van der Waals surface area contributed by atoms with Crippen molar-refractivity contribution >= 4 is 17.7 Å². The average molecular weight is 235 g/mol. The molecule has 0 aliphatic heterocycles. The highest BCUT2D eigenvalue weighted by Crippen LogP contribution is 2.07. The third kappa shape index (κ3) is 2.90. The summed E-state index contributed by atoms with van der Waals surface area (Å²) in [5, 5.41) is 0. The van der Waals surface area contributed by atoms with Crippen LogP contribution >= 0.6 is 0 Å². The van der Waals surface area contributed by atoms with Crippen LogP contribution in [0.5, 0.6) is 0 Å². The first kappa shape index (κ1) is 12.9. The van der Waals surface area contributed by atoms with Gasteiger partial charge in [-0.05, 0) is 24.3 Å². The maximum Gasteiger partial charge on any atom is 0.337 e. The van der Waals surface area contributed by atoms with E-state index in [0.717, 1.165) is 0 Å². The van der Waals surface area contributed by atoms with Gasteiger partial charge in [-0.25, -0.2) is 4.79 Å². The monoisotopic (exact) mass is 235 g/mol. The Hall–Kier alpha value is -2.17. The Bertz CT molecular complexity index is 448. The van der Waals surface area contributed by atoms with Crippen LogP contribution in [0.15, 0.2) is 24.3 Å². The third-order valence-corrected chi connectivity index (χ3v) is 2.17. The van der Waals surface area contributed by atoms with Gasteiger partial charge in [0.15, 0.2) is 0 Å². The van der Waals surface area contributed by atoms with Gasteiger partial charge in [-0.2, -0.15) is 0 Å². The second kappa shape index (κ2) is 5.25. The van der Waals surface area contributed by atoms with E-state index < -0.39 is 17.7 Å².